The Morgan fingerprint density at radius 3 is 2.10 bits per heavy atom. The minimum absolute atomic E-state index is 0.0563. The molecule has 0 aromatic heterocycles. The summed E-state index contributed by atoms with van der Waals surface area (Å²) in [6, 6.07) is 7.70. The Bertz CT molecular complexity index is 762. The highest BCUT2D eigenvalue weighted by Crippen LogP contribution is 2.37. The van der Waals surface area contributed by atoms with E-state index in [1.165, 1.54) is 6.08 Å². The van der Waals surface area contributed by atoms with Gasteiger partial charge in [-0.2, -0.15) is 0 Å². The van der Waals surface area contributed by atoms with E-state index in [0.717, 1.165) is 11.3 Å². The normalized spacial score (nSPS) is 13.4. The Balaban J connectivity index is 2.77. The highest BCUT2D eigenvalue weighted by Gasteiger charge is 2.39. The average Bonchev–Trinajstić information content (AvgIpc) is 2.55. The van der Waals surface area contributed by atoms with E-state index in [1.807, 2.05) is 45.0 Å². The smallest absolute Gasteiger partial charge is 0.330 e. The summed E-state index contributed by atoms with van der Waals surface area (Å²) in [4.78, 5) is 24.6. The number of ether oxygens (including phenoxy) is 1. The minimum atomic E-state index is -1.92. The van der Waals surface area contributed by atoms with E-state index in [2.05, 4.69) is 33.9 Å². The second-order valence-electron chi connectivity index (χ2n) is 10.8. The van der Waals surface area contributed by atoms with Crippen LogP contribution < -0.4 is 4.43 Å². The molecule has 0 aliphatic carbocycles. The molecule has 0 radical (unpaired) electrons. The van der Waals surface area contributed by atoms with Crippen molar-refractivity contribution in [2.45, 2.75) is 73.5 Å². The number of carbonyl (C=O) groups excluding carboxylic acids is 2. The van der Waals surface area contributed by atoms with Gasteiger partial charge in [-0.1, -0.05) is 53.7 Å². The van der Waals surface area contributed by atoms with Crippen molar-refractivity contribution in [1.29, 1.82) is 0 Å². The van der Waals surface area contributed by atoms with Crippen LogP contribution in [0, 0.1) is 10.8 Å². The van der Waals surface area contributed by atoms with Crippen LogP contribution in [0.4, 0.5) is 0 Å². The average molecular weight is 419 g/mol. The summed E-state index contributed by atoms with van der Waals surface area (Å²) in [7, 11) is -1.92. The van der Waals surface area contributed by atoms with Crippen LogP contribution in [-0.2, 0) is 14.3 Å². The maximum absolute atomic E-state index is 12.5. The fourth-order valence-corrected chi connectivity index (χ4v) is 3.70. The van der Waals surface area contributed by atoms with E-state index in [-0.39, 0.29) is 17.4 Å². The largest absolute Gasteiger partial charge is 0.543 e. The molecule has 4 nitrogen and oxygen atoms in total. The van der Waals surface area contributed by atoms with Gasteiger partial charge < -0.3 is 9.16 Å². The summed E-state index contributed by atoms with van der Waals surface area (Å²) < 4.78 is 11.6. The van der Waals surface area contributed by atoms with Crippen LogP contribution in [0.1, 0.15) is 61.0 Å². The third-order valence-corrected chi connectivity index (χ3v) is 9.68. The fourth-order valence-electron chi connectivity index (χ4n) is 2.67. The van der Waals surface area contributed by atoms with E-state index in [9.17, 15) is 9.59 Å². The number of ketones is 1. The number of hydrogen-bond acceptors (Lipinski definition) is 4. The van der Waals surface area contributed by atoms with Gasteiger partial charge in [-0.3, -0.25) is 4.79 Å². The van der Waals surface area contributed by atoms with Gasteiger partial charge >= 0.3 is 5.97 Å². The maximum atomic E-state index is 12.5. The second-order valence-corrected chi connectivity index (χ2v) is 15.6. The Morgan fingerprint density at radius 2 is 1.59 bits per heavy atom. The van der Waals surface area contributed by atoms with Gasteiger partial charge in [0.15, 0.2) is 0 Å². The number of Topliss-reactive ketones (excluding diaryl/α,β-unsaturated/α-hetero) is 1. The number of esters is 1. The van der Waals surface area contributed by atoms with E-state index in [0.29, 0.717) is 0 Å². The molecule has 29 heavy (non-hydrogen) atoms. The predicted octanol–water partition coefficient (Wildman–Crippen LogP) is 6.27. The molecule has 0 N–H and O–H groups in total. The van der Waals surface area contributed by atoms with Crippen molar-refractivity contribution in [1.82, 2.24) is 0 Å². The van der Waals surface area contributed by atoms with Crippen molar-refractivity contribution in [3.63, 3.8) is 0 Å². The van der Waals surface area contributed by atoms with Gasteiger partial charge in [0, 0.05) is 11.5 Å². The molecule has 0 aliphatic heterocycles. The van der Waals surface area contributed by atoms with E-state index >= 15 is 0 Å². The molecule has 0 atom stereocenters. The monoisotopic (exact) mass is 418 g/mol. The van der Waals surface area contributed by atoms with Gasteiger partial charge in [0.2, 0.25) is 8.32 Å². The van der Waals surface area contributed by atoms with Gasteiger partial charge in [0.1, 0.15) is 18.1 Å². The third-order valence-electron chi connectivity index (χ3n) is 5.32. The van der Waals surface area contributed by atoms with Crippen LogP contribution in [0.25, 0.3) is 6.08 Å². The predicted molar refractivity (Wildman–Crippen MR) is 123 cm³/mol. The number of carbonyl (C=O) groups is 2. The molecule has 0 heterocycles. The summed E-state index contributed by atoms with van der Waals surface area (Å²) >= 11 is 0. The Hall–Kier alpha value is -1.88. The molecule has 1 rings (SSSR count). The standard InChI is InChI=1S/C24H38O4Si/c1-22(2,3)21(26)24(7,8)17-27-20(25)15-14-18-12-11-13-19(16-18)28-29(9,10)23(4,5)6/h11-16H,17H2,1-10H3/b15-14+. The van der Waals surface area contributed by atoms with E-state index in [1.54, 1.807) is 19.9 Å². The Morgan fingerprint density at radius 1 is 1.00 bits per heavy atom. The van der Waals surface area contributed by atoms with Crippen LogP contribution in [0.5, 0.6) is 5.75 Å². The molecule has 0 fully saturated rings. The lowest BCUT2D eigenvalue weighted by Gasteiger charge is -2.36. The second kappa shape index (κ2) is 8.86. The molecule has 0 amide bonds. The molecule has 0 unspecified atom stereocenters. The van der Waals surface area contributed by atoms with Crippen LogP contribution in [0.3, 0.4) is 0 Å². The van der Waals surface area contributed by atoms with Crippen molar-refractivity contribution in [3.8, 4) is 5.75 Å². The topological polar surface area (TPSA) is 52.6 Å². The summed E-state index contributed by atoms with van der Waals surface area (Å²) in [5, 5.41) is 0.111. The van der Waals surface area contributed by atoms with Crippen molar-refractivity contribution in [2.24, 2.45) is 10.8 Å². The zero-order valence-corrected chi connectivity index (χ0v) is 20.8. The number of benzene rings is 1. The molecule has 0 aliphatic rings. The van der Waals surface area contributed by atoms with Gasteiger partial charge in [0.25, 0.3) is 0 Å². The summed E-state index contributed by atoms with van der Waals surface area (Å²) in [5.41, 5.74) is -0.335. The van der Waals surface area contributed by atoms with Gasteiger partial charge in [-0.15, -0.1) is 0 Å². The van der Waals surface area contributed by atoms with Crippen LogP contribution in [0.15, 0.2) is 30.3 Å². The summed E-state index contributed by atoms with van der Waals surface area (Å²) in [5.74, 6) is 0.414. The van der Waals surface area contributed by atoms with Crippen molar-refractivity contribution in [2.75, 3.05) is 6.61 Å². The molecular weight excluding hydrogens is 380 g/mol. The SMILES string of the molecule is CC(C)(C)C(=O)C(C)(C)COC(=O)/C=C/c1cccc(O[Si](C)(C)C(C)(C)C)c1. The zero-order chi connectivity index (χ0) is 22.7. The van der Waals surface area contributed by atoms with Crippen LogP contribution in [-0.4, -0.2) is 26.7 Å². The van der Waals surface area contributed by atoms with E-state index < -0.39 is 25.1 Å². The minimum Gasteiger partial charge on any atom is -0.543 e. The maximum Gasteiger partial charge on any atom is 0.330 e. The third kappa shape index (κ3) is 7.46. The first-order valence-corrected chi connectivity index (χ1v) is 13.1. The van der Waals surface area contributed by atoms with Crippen LogP contribution in [0.2, 0.25) is 18.1 Å². The van der Waals surface area contributed by atoms with Gasteiger partial charge in [-0.25, -0.2) is 4.79 Å². The lowest BCUT2D eigenvalue weighted by molar-refractivity contribution is -0.147. The molecule has 0 spiro atoms. The molecule has 1 aromatic rings. The van der Waals surface area contributed by atoms with Crippen molar-refractivity contribution in [3.05, 3.63) is 35.9 Å². The number of hydrogen-bond donors (Lipinski definition) is 0. The molecule has 0 bridgehead atoms. The summed E-state index contributed by atoms with van der Waals surface area (Å²) in [6.07, 6.45) is 3.10. The molecule has 5 heteroatoms. The molecular formula is C24H38O4Si. The Kier molecular flexibility index (Phi) is 7.69. The summed E-state index contributed by atoms with van der Waals surface area (Å²) in [6.45, 7) is 20.3. The van der Waals surface area contributed by atoms with Crippen LogP contribution >= 0.6 is 0 Å². The van der Waals surface area contributed by atoms with Crippen molar-refractivity contribution >= 4 is 26.1 Å². The zero-order valence-electron chi connectivity index (χ0n) is 19.8. The first-order chi connectivity index (χ1) is 13.0. The lowest BCUT2D eigenvalue weighted by atomic mass is 9.75. The molecule has 0 saturated carbocycles. The number of rotatable bonds is 7. The molecule has 162 valence electrons. The quantitative estimate of drug-likeness (QED) is 0.297. The highest BCUT2D eigenvalue weighted by molar-refractivity contribution is 6.74. The lowest BCUT2D eigenvalue weighted by Crippen LogP contribution is -2.43. The van der Waals surface area contributed by atoms with Crippen molar-refractivity contribution < 1.29 is 18.8 Å². The van der Waals surface area contributed by atoms with Gasteiger partial charge in [-0.05, 0) is 55.8 Å². The Labute approximate surface area is 177 Å². The van der Waals surface area contributed by atoms with E-state index in [4.69, 9.17) is 9.16 Å². The molecule has 1 aromatic carbocycles. The first-order valence-electron chi connectivity index (χ1n) is 10.1. The molecule has 0 saturated heterocycles. The van der Waals surface area contributed by atoms with Gasteiger partial charge in [0.05, 0.1) is 5.41 Å². The fraction of sp³-hybridized carbons (Fsp3) is 0.583. The highest BCUT2D eigenvalue weighted by atomic mass is 28.4. The first kappa shape index (κ1) is 25.2.